The van der Waals surface area contributed by atoms with Gasteiger partial charge in [0.15, 0.2) is 0 Å². The van der Waals surface area contributed by atoms with Gasteiger partial charge >= 0.3 is 226 Å². The molecule has 226 valence electrons. The van der Waals surface area contributed by atoms with Crippen LogP contribution in [0, 0.1) is 7.14 Å². The van der Waals surface area contributed by atoms with Crippen LogP contribution >= 0.6 is 19.8 Å². The first kappa shape index (κ1) is 29.2. The van der Waals surface area contributed by atoms with Crippen LogP contribution in [0.1, 0.15) is 5.56 Å². The minimum Gasteiger partial charge on any atom is -0.0616 e. The number of anilines is 3. The van der Waals surface area contributed by atoms with E-state index in [0.717, 1.165) is 15.8 Å². The van der Waals surface area contributed by atoms with Gasteiger partial charge in [0, 0.05) is 0 Å². The van der Waals surface area contributed by atoms with Crippen molar-refractivity contribution < 1.29 is 0 Å². The molecule has 0 atom stereocenters. The van der Waals surface area contributed by atoms with Crippen LogP contribution in [-0.2, 0) is 4.43 Å². The van der Waals surface area contributed by atoms with Gasteiger partial charge in [-0.3, -0.25) is 0 Å². The van der Waals surface area contributed by atoms with Crippen molar-refractivity contribution in [2.24, 2.45) is 0 Å². The molecule has 0 spiro atoms. The molecule has 0 aliphatic carbocycles. The summed E-state index contributed by atoms with van der Waals surface area (Å²) < 4.78 is 4.13. The normalized spacial score (nSPS) is 11.4. The molecule has 0 unspecified atom stereocenters. The second-order valence-electron chi connectivity index (χ2n) is 11.7. The number of nitrogens with zero attached hydrogens (tertiary/aromatic N) is 1. The average molecular weight is 716 g/mol. The van der Waals surface area contributed by atoms with Crippen LogP contribution in [0.5, 0.6) is 0 Å². The third kappa shape index (κ3) is 6.05. The Hall–Kier alpha value is -5.19. The van der Waals surface area contributed by atoms with E-state index in [1.165, 1.54) is 51.1 Å². The molecule has 0 heterocycles. The van der Waals surface area contributed by atoms with Crippen molar-refractivity contribution in [3.05, 3.63) is 207 Å². The summed E-state index contributed by atoms with van der Waals surface area (Å²) in [4.78, 5) is 2.36. The SMILES string of the molecule is c1ccc(N(c2ccc(-c3ccc(CI(c4ccccc4)c4cccc5ccccc45)cc3)cc2)c2cccc3ccccc23)cc1. The first-order chi connectivity index (χ1) is 23.3. The van der Waals surface area contributed by atoms with E-state index in [0.29, 0.717) is 0 Å². The Kier molecular flexibility index (Phi) is 8.25. The number of hydrogen-bond acceptors (Lipinski definition) is 1. The van der Waals surface area contributed by atoms with Crippen LogP contribution in [0.25, 0.3) is 32.7 Å². The van der Waals surface area contributed by atoms with Crippen molar-refractivity contribution in [2.75, 3.05) is 4.90 Å². The van der Waals surface area contributed by atoms with Gasteiger partial charge in [0.25, 0.3) is 0 Å². The summed E-state index contributed by atoms with van der Waals surface area (Å²) in [6, 6.07) is 70.9. The number of para-hydroxylation sites is 1. The predicted octanol–water partition coefficient (Wildman–Crippen LogP) is 12.9. The van der Waals surface area contributed by atoms with Crippen LogP contribution in [-0.4, -0.2) is 0 Å². The monoisotopic (exact) mass is 715 g/mol. The number of alkyl halides is 1. The van der Waals surface area contributed by atoms with Crippen molar-refractivity contribution in [1.29, 1.82) is 0 Å². The Morgan fingerprint density at radius 1 is 0.383 bits per heavy atom. The number of halogens is 1. The molecular formula is C45H34IN. The van der Waals surface area contributed by atoms with Gasteiger partial charge in [0.1, 0.15) is 0 Å². The number of hydrogen-bond donors (Lipinski definition) is 0. The molecule has 0 aromatic heterocycles. The number of rotatable bonds is 8. The topological polar surface area (TPSA) is 3.24 Å². The molecule has 0 fully saturated rings. The van der Waals surface area contributed by atoms with Crippen molar-refractivity contribution in [1.82, 2.24) is 0 Å². The molecule has 0 saturated heterocycles. The summed E-state index contributed by atoms with van der Waals surface area (Å²) in [6.45, 7) is 0. The summed E-state index contributed by atoms with van der Waals surface area (Å²) in [7, 11) is 0. The third-order valence-corrected chi connectivity index (χ3v) is 14.9. The molecule has 0 aliphatic heterocycles. The molecule has 8 aromatic rings. The molecule has 2 heteroatoms. The van der Waals surface area contributed by atoms with E-state index in [9.17, 15) is 0 Å². The molecule has 47 heavy (non-hydrogen) atoms. The van der Waals surface area contributed by atoms with Crippen molar-refractivity contribution in [2.45, 2.75) is 4.43 Å². The summed E-state index contributed by atoms with van der Waals surface area (Å²) in [5.41, 5.74) is 7.32. The molecular weight excluding hydrogens is 681 g/mol. The summed E-state index contributed by atoms with van der Waals surface area (Å²) in [6.07, 6.45) is 0. The van der Waals surface area contributed by atoms with Crippen molar-refractivity contribution in [3.8, 4) is 11.1 Å². The van der Waals surface area contributed by atoms with Gasteiger partial charge in [-0.15, -0.1) is 0 Å². The fraction of sp³-hybridized carbons (Fsp3) is 0.0222. The first-order valence-corrected chi connectivity index (χ1v) is 19.7. The first-order valence-electron chi connectivity index (χ1n) is 16.0. The Labute approximate surface area is 284 Å². The molecule has 0 radical (unpaired) electrons. The molecule has 0 saturated carbocycles. The molecule has 0 N–H and O–H groups in total. The Bertz CT molecular complexity index is 2250. The summed E-state index contributed by atoms with van der Waals surface area (Å²) in [5, 5.41) is 5.20. The second-order valence-corrected chi connectivity index (χ2v) is 16.9. The number of fused-ring (bicyclic) bond motifs is 2. The minimum absolute atomic E-state index is 1.10. The smallest absolute Gasteiger partial charge is 0.0616 e. The van der Waals surface area contributed by atoms with Crippen LogP contribution < -0.4 is 4.90 Å². The molecule has 0 amide bonds. The van der Waals surface area contributed by atoms with Gasteiger partial charge in [-0.2, -0.15) is 0 Å². The van der Waals surface area contributed by atoms with E-state index in [1.807, 2.05) is 0 Å². The molecule has 8 rings (SSSR count). The maximum atomic E-state index is 2.37. The fourth-order valence-corrected chi connectivity index (χ4v) is 12.4. The van der Waals surface area contributed by atoms with Crippen molar-refractivity contribution in [3.63, 3.8) is 0 Å². The zero-order valence-electron chi connectivity index (χ0n) is 26.0. The average Bonchev–Trinajstić information content (AvgIpc) is 3.15. The van der Waals surface area contributed by atoms with E-state index >= 15 is 0 Å². The van der Waals surface area contributed by atoms with Gasteiger partial charge in [0.2, 0.25) is 0 Å². The fourth-order valence-electron chi connectivity index (χ4n) is 6.37. The van der Waals surface area contributed by atoms with Gasteiger partial charge in [-0.05, 0) is 5.39 Å². The van der Waals surface area contributed by atoms with Crippen LogP contribution in [0.4, 0.5) is 17.1 Å². The molecule has 1 nitrogen and oxygen atoms in total. The van der Waals surface area contributed by atoms with Crippen molar-refractivity contribution >= 4 is 58.4 Å². The van der Waals surface area contributed by atoms with Gasteiger partial charge in [0.05, 0.1) is 0 Å². The maximum absolute atomic E-state index is 2.37. The molecule has 0 aliphatic rings. The van der Waals surface area contributed by atoms with E-state index in [1.54, 1.807) is 0 Å². The van der Waals surface area contributed by atoms with Gasteiger partial charge < -0.3 is 0 Å². The quantitative estimate of drug-likeness (QED) is 0.112. The molecule has 8 aromatic carbocycles. The van der Waals surface area contributed by atoms with Gasteiger partial charge in [-0.25, -0.2) is 0 Å². The predicted molar refractivity (Wildman–Crippen MR) is 210 cm³/mol. The third-order valence-electron chi connectivity index (χ3n) is 8.70. The zero-order valence-corrected chi connectivity index (χ0v) is 28.2. The van der Waals surface area contributed by atoms with Gasteiger partial charge in [-0.1, -0.05) is 54.6 Å². The summed E-state index contributed by atoms with van der Waals surface area (Å²) >= 11 is -1.75. The molecule has 0 bridgehead atoms. The Morgan fingerprint density at radius 3 is 1.60 bits per heavy atom. The Balaban J connectivity index is 1.10. The minimum atomic E-state index is -1.75. The van der Waals surface area contributed by atoms with E-state index in [4.69, 9.17) is 0 Å². The van der Waals surface area contributed by atoms with Crippen LogP contribution in [0.2, 0.25) is 0 Å². The Morgan fingerprint density at radius 2 is 0.894 bits per heavy atom. The standard InChI is InChI=1S/C45H34IN/c1-3-17-39(18-4-1)46(44-23-11-15-37-13-7-9-21-42(37)44)33-34-25-27-35(28-26-34)36-29-31-41(32-30-36)47(40-19-5-2-6-20-40)45-24-12-16-38-14-8-10-22-43(38)45/h1-32H,33H2. The summed E-state index contributed by atoms with van der Waals surface area (Å²) in [5.74, 6) is 0. The van der Waals surface area contributed by atoms with E-state index in [-0.39, 0.29) is 0 Å². The number of benzene rings is 8. The zero-order chi connectivity index (χ0) is 31.4. The van der Waals surface area contributed by atoms with E-state index < -0.39 is 19.8 Å². The van der Waals surface area contributed by atoms with E-state index in [2.05, 4.69) is 199 Å². The second kappa shape index (κ2) is 13.3. The van der Waals surface area contributed by atoms with Crippen LogP contribution in [0.3, 0.4) is 0 Å². The van der Waals surface area contributed by atoms with Crippen LogP contribution in [0.15, 0.2) is 194 Å².